The molecule has 2 aromatic heterocycles. The van der Waals surface area contributed by atoms with E-state index in [2.05, 4.69) is 15.0 Å². The molecular formula is C11H14FN5O4. The zero-order chi connectivity index (χ0) is 15.1. The molecule has 4 N–H and O–H groups in total. The van der Waals surface area contributed by atoms with Gasteiger partial charge in [0, 0.05) is 0 Å². The Labute approximate surface area is 118 Å². The molecule has 0 aliphatic carbocycles. The van der Waals surface area contributed by atoms with Crippen molar-refractivity contribution in [2.45, 2.75) is 24.6 Å². The maximum Gasteiger partial charge on any atom is 0.246 e. The third-order valence-corrected chi connectivity index (χ3v) is 3.35. The molecule has 10 heteroatoms. The van der Waals surface area contributed by atoms with Crippen molar-refractivity contribution < 1.29 is 24.1 Å². The molecular weight excluding hydrogens is 285 g/mol. The molecule has 1 aliphatic rings. The molecule has 3 rings (SSSR count). The molecule has 21 heavy (non-hydrogen) atoms. The molecule has 114 valence electrons. The lowest BCUT2D eigenvalue weighted by Crippen LogP contribution is -2.30. The van der Waals surface area contributed by atoms with Gasteiger partial charge in [-0.15, -0.1) is 0 Å². The molecule has 0 unspecified atom stereocenters. The van der Waals surface area contributed by atoms with Gasteiger partial charge in [-0.2, -0.15) is 9.97 Å². The van der Waals surface area contributed by atoms with Crippen LogP contribution in [0.15, 0.2) is 6.33 Å². The van der Waals surface area contributed by atoms with Gasteiger partial charge in [0.2, 0.25) is 11.8 Å². The Morgan fingerprint density at radius 2 is 2.29 bits per heavy atom. The van der Waals surface area contributed by atoms with Crippen molar-refractivity contribution in [2.75, 3.05) is 19.5 Å². The molecule has 3 heterocycles. The van der Waals surface area contributed by atoms with Crippen molar-refractivity contribution >= 4 is 17.1 Å². The van der Waals surface area contributed by atoms with Crippen LogP contribution in [0.2, 0.25) is 0 Å². The predicted octanol–water partition coefficient (Wildman–Crippen LogP) is -0.994. The van der Waals surface area contributed by atoms with Crippen LogP contribution in [0.5, 0.6) is 5.88 Å². The fraction of sp³-hybridized carbons (Fsp3) is 0.545. The van der Waals surface area contributed by atoms with E-state index in [4.69, 9.17) is 20.3 Å². The Morgan fingerprint density at radius 3 is 2.90 bits per heavy atom. The number of hydrogen-bond donors (Lipinski definition) is 3. The number of aromatic nitrogens is 4. The van der Waals surface area contributed by atoms with Crippen molar-refractivity contribution in [3.63, 3.8) is 0 Å². The van der Waals surface area contributed by atoms with Gasteiger partial charge >= 0.3 is 0 Å². The van der Waals surface area contributed by atoms with Gasteiger partial charge in [0.25, 0.3) is 0 Å². The Hall–Kier alpha value is -2.04. The van der Waals surface area contributed by atoms with E-state index in [1.54, 1.807) is 0 Å². The largest absolute Gasteiger partial charge is 0.479 e. The second-order valence-corrected chi connectivity index (χ2v) is 4.60. The van der Waals surface area contributed by atoms with Gasteiger partial charge in [0.1, 0.15) is 12.2 Å². The summed E-state index contributed by atoms with van der Waals surface area (Å²) in [6.07, 6.45) is -4.05. The lowest BCUT2D eigenvalue weighted by atomic mass is 10.1. The summed E-state index contributed by atoms with van der Waals surface area (Å²) in [6.45, 7) is -0.495. The zero-order valence-corrected chi connectivity index (χ0v) is 11.0. The molecule has 1 saturated heterocycles. The molecule has 0 bridgehead atoms. The highest BCUT2D eigenvalue weighted by Crippen LogP contribution is 2.34. The first-order chi connectivity index (χ1) is 10.1. The van der Waals surface area contributed by atoms with Gasteiger partial charge in [-0.05, 0) is 0 Å². The number of aliphatic hydroxyl groups excluding tert-OH is 2. The molecule has 0 amide bonds. The Morgan fingerprint density at radius 1 is 1.52 bits per heavy atom. The van der Waals surface area contributed by atoms with Gasteiger partial charge in [0.05, 0.1) is 20.0 Å². The zero-order valence-electron chi connectivity index (χ0n) is 11.0. The number of anilines is 1. The average Bonchev–Trinajstić information content (AvgIpc) is 3.01. The lowest BCUT2D eigenvalue weighted by Gasteiger charge is -2.15. The van der Waals surface area contributed by atoms with Crippen LogP contribution in [0.1, 0.15) is 6.23 Å². The topological polar surface area (TPSA) is 129 Å². The van der Waals surface area contributed by atoms with Gasteiger partial charge in [-0.3, -0.25) is 4.57 Å². The van der Waals surface area contributed by atoms with Crippen molar-refractivity contribution in [3.8, 4) is 5.88 Å². The molecule has 4 atom stereocenters. The number of fused-ring (bicyclic) bond motifs is 1. The summed E-state index contributed by atoms with van der Waals surface area (Å²) >= 11 is 0. The summed E-state index contributed by atoms with van der Waals surface area (Å²) < 4.78 is 25.8. The number of alkyl halides is 1. The summed E-state index contributed by atoms with van der Waals surface area (Å²) in [5.74, 6) is 0.0951. The number of methoxy groups -OCH3 is 1. The van der Waals surface area contributed by atoms with E-state index in [0.717, 1.165) is 0 Å². The van der Waals surface area contributed by atoms with Crippen LogP contribution in [0.25, 0.3) is 11.2 Å². The number of hydrogen-bond acceptors (Lipinski definition) is 8. The predicted molar refractivity (Wildman–Crippen MR) is 68.2 cm³/mol. The van der Waals surface area contributed by atoms with E-state index < -0.39 is 31.2 Å². The van der Waals surface area contributed by atoms with E-state index in [9.17, 15) is 9.50 Å². The van der Waals surface area contributed by atoms with E-state index >= 15 is 0 Å². The highest BCUT2D eigenvalue weighted by Gasteiger charge is 2.45. The summed E-state index contributed by atoms with van der Waals surface area (Å²) in [7, 11) is 1.40. The van der Waals surface area contributed by atoms with Crippen molar-refractivity contribution in [1.82, 2.24) is 19.5 Å². The van der Waals surface area contributed by atoms with Crippen LogP contribution >= 0.6 is 0 Å². The van der Waals surface area contributed by atoms with Crippen LogP contribution in [-0.2, 0) is 4.74 Å². The van der Waals surface area contributed by atoms with Crippen LogP contribution in [0, 0.1) is 0 Å². The monoisotopic (exact) mass is 299 g/mol. The van der Waals surface area contributed by atoms with Crippen LogP contribution in [0.4, 0.5) is 10.3 Å². The third kappa shape index (κ3) is 2.07. The summed E-state index contributed by atoms with van der Waals surface area (Å²) in [4.78, 5) is 11.9. The number of nitrogens with zero attached hydrogens (tertiary/aromatic N) is 4. The van der Waals surface area contributed by atoms with E-state index in [1.165, 1.54) is 18.0 Å². The summed E-state index contributed by atoms with van der Waals surface area (Å²) in [5.41, 5.74) is 6.09. The molecule has 0 spiro atoms. The molecule has 9 nitrogen and oxygen atoms in total. The van der Waals surface area contributed by atoms with Crippen molar-refractivity contribution in [1.29, 1.82) is 0 Å². The first kappa shape index (κ1) is 13.9. The maximum absolute atomic E-state index is 14.2. The van der Waals surface area contributed by atoms with E-state index in [-0.39, 0.29) is 17.5 Å². The van der Waals surface area contributed by atoms with Gasteiger partial charge in [-0.25, -0.2) is 9.37 Å². The minimum absolute atomic E-state index is 0.0613. The minimum Gasteiger partial charge on any atom is -0.479 e. The van der Waals surface area contributed by atoms with Gasteiger partial charge in [-0.1, -0.05) is 0 Å². The highest BCUT2D eigenvalue weighted by atomic mass is 19.1. The minimum atomic E-state index is -1.73. The molecule has 2 aromatic rings. The fourth-order valence-electron chi connectivity index (χ4n) is 2.31. The number of nitrogen functional groups attached to an aromatic ring is 1. The third-order valence-electron chi connectivity index (χ3n) is 3.35. The molecule has 0 aromatic carbocycles. The van der Waals surface area contributed by atoms with Gasteiger partial charge < -0.3 is 25.4 Å². The van der Waals surface area contributed by atoms with Crippen LogP contribution in [-0.4, -0.2) is 61.8 Å². The lowest BCUT2D eigenvalue weighted by molar-refractivity contribution is -0.0459. The second-order valence-electron chi connectivity index (χ2n) is 4.60. The second kappa shape index (κ2) is 5.06. The number of ether oxygens (including phenoxy) is 2. The summed E-state index contributed by atoms with van der Waals surface area (Å²) in [6, 6.07) is 0. The number of imidazole rings is 1. The first-order valence-corrected chi connectivity index (χ1v) is 6.19. The molecule has 1 fully saturated rings. The Bertz CT molecular complexity index is 665. The van der Waals surface area contributed by atoms with Crippen LogP contribution in [0.3, 0.4) is 0 Å². The van der Waals surface area contributed by atoms with Crippen molar-refractivity contribution in [2.24, 2.45) is 0 Å². The summed E-state index contributed by atoms with van der Waals surface area (Å²) in [5, 5.41) is 18.7. The number of rotatable bonds is 3. The number of nitrogens with two attached hydrogens (primary N) is 1. The molecule has 1 aliphatic heterocycles. The smallest absolute Gasteiger partial charge is 0.246 e. The van der Waals surface area contributed by atoms with Crippen LogP contribution < -0.4 is 10.5 Å². The van der Waals surface area contributed by atoms with E-state index in [1.807, 2.05) is 0 Å². The average molecular weight is 299 g/mol. The fourth-order valence-corrected chi connectivity index (χ4v) is 2.31. The van der Waals surface area contributed by atoms with Gasteiger partial charge in [0.15, 0.2) is 23.6 Å². The Balaban J connectivity index is 2.07. The Kier molecular flexibility index (Phi) is 3.35. The quantitative estimate of drug-likeness (QED) is 0.658. The van der Waals surface area contributed by atoms with Crippen molar-refractivity contribution in [3.05, 3.63) is 6.33 Å². The SMILES string of the molecule is COc1nc(N)nc2c1ncn2[C@@H]1O[C@H](CO)[C@@H](O)[C@H]1F. The first-order valence-electron chi connectivity index (χ1n) is 6.19. The normalized spacial score (nSPS) is 29.1. The standard InChI is InChI=1S/C11H14FN5O4/c1-20-9-6-8(15-11(13)16-9)17(3-14-6)10-5(12)7(19)4(2-18)21-10/h3-5,7,10,18-19H,2H2,1H3,(H2,13,15,16)/t4-,5-,7-,10-/m1/s1. The number of halogens is 1. The molecule has 0 saturated carbocycles. The number of aliphatic hydroxyl groups is 2. The molecule has 0 radical (unpaired) electrons. The highest BCUT2D eigenvalue weighted by molar-refractivity contribution is 5.77. The maximum atomic E-state index is 14.2. The van der Waals surface area contributed by atoms with E-state index in [0.29, 0.717) is 5.52 Å².